The Balaban J connectivity index is 2.44. The number of allylic oxidation sites excluding steroid dienone is 4. The van der Waals surface area contributed by atoms with Crippen molar-refractivity contribution in [3.8, 4) is 34.3 Å². The number of phenols is 3. The van der Waals surface area contributed by atoms with Gasteiger partial charge in [0.25, 0.3) is 0 Å². The van der Waals surface area contributed by atoms with Crippen molar-refractivity contribution < 1.29 is 37.6 Å². The molecule has 0 aliphatic carbocycles. The molecule has 6 nitrogen and oxygen atoms in total. The summed E-state index contributed by atoms with van der Waals surface area (Å²) in [5.74, 6) is -2.42. The SMILES string of the molecule is COc1c(-c2ccc(C(F)(F)F)c(O)c2)oc2c(CC=C(C)C)c(O)c(CC=C(C)C)c(O)c2c1=O. The third-order valence-corrected chi connectivity index (χ3v) is 5.64. The van der Waals surface area contributed by atoms with E-state index in [1.54, 1.807) is 12.2 Å². The third kappa shape index (κ3) is 5.05. The summed E-state index contributed by atoms with van der Waals surface area (Å²) in [5.41, 5.74) is -0.0134. The van der Waals surface area contributed by atoms with Crippen LogP contribution in [0.4, 0.5) is 13.2 Å². The Hall–Kier alpha value is -3.88. The molecule has 36 heavy (non-hydrogen) atoms. The summed E-state index contributed by atoms with van der Waals surface area (Å²) >= 11 is 0. The Labute approximate surface area is 205 Å². The number of benzene rings is 2. The number of fused-ring (bicyclic) bond motifs is 1. The van der Waals surface area contributed by atoms with Crippen molar-refractivity contribution in [2.45, 2.75) is 46.7 Å². The quantitative estimate of drug-likeness (QED) is 0.326. The number of ether oxygens (including phenoxy) is 1. The zero-order chi connectivity index (χ0) is 26.9. The molecule has 0 bridgehead atoms. The average Bonchev–Trinajstić information content (AvgIpc) is 2.77. The minimum Gasteiger partial charge on any atom is -0.507 e. The molecule has 0 unspecified atom stereocenters. The van der Waals surface area contributed by atoms with E-state index in [2.05, 4.69) is 0 Å². The molecule has 192 valence electrons. The first-order valence-corrected chi connectivity index (χ1v) is 11.1. The molecule has 0 saturated heterocycles. The fourth-order valence-corrected chi connectivity index (χ4v) is 3.78. The van der Waals surface area contributed by atoms with Gasteiger partial charge in [0.05, 0.1) is 12.7 Å². The molecular weight excluding hydrogens is 477 g/mol. The van der Waals surface area contributed by atoms with E-state index < -0.39 is 28.7 Å². The molecular formula is C27H27F3O6. The second-order valence-electron chi connectivity index (χ2n) is 8.85. The van der Waals surface area contributed by atoms with Crippen molar-refractivity contribution in [2.24, 2.45) is 0 Å². The fraction of sp³-hybridized carbons (Fsp3) is 0.296. The van der Waals surface area contributed by atoms with Crippen LogP contribution in [0.25, 0.3) is 22.3 Å². The molecule has 3 rings (SSSR count). The van der Waals surface area contributed by atoms with Crippen LogP contribution in [0.2, 0.25) is 0 Å². The number of phenolic OH excluding ortho intramolecular Hbond substituents is 3. The van der Waals surface area contributed by atoms with E-state index >= 15 is 0 Å². The van der Waals surface area contributed by atoms with Gasteiger partial charge in [0.15, 0.2) is 5.76 Å². The minimum atomic E-state index is -4.78. The number of methoxy groups -OCH3 is 1. The Morgan fingerprint density at radius 2 is 1.56 bits per heavy atom. The molecule has 3 N–H and O–H groups in total. The van der Waals surface area contributed by atoms with E-state index in [-0.39, 0.29) is 57.8 Å². The molecule has 0 aliphatic heterocycles. The first-order chi connectivity index (χ1) is 16.8. The van der Waals surface area contributed by atoms with E-state index in [4.69, 9.17) is 9.15 Å². The van der Waals surface area contributed by atoms with Crippen LogP contribution in [0.3, 0.4) is 0 Å². The summed E-state index contributed by atoms with van der Waals surface area (Å²) in [7, 11) is 1.18. The molecule has 2 aromatic carbocycles. The van der Waals surface area contributed by atoms with Gasteiger partial charge < -0.3 is 24.5 Å². The fourth-order valence-electron chi connectivity index (χ4n) is 3.78. The van der Waals surface area contributed by atoms with Gasteiger partial charge >= 0.3 is 6.18 Å². The lowest BCUT2D eigenvalue weighted by Crippen LogP contribution is -2.10. The van der Waals surface area contributed by atoms with Crippen LogP contribution in [0.5, 0.6) is 23.0 Å². The standard InChI is InChI=1S/C27H27F3O6/c1-13(2)6-9-16-21(32)17(10-7-14(3)4)25-20(22(16)33)23(34)26(35-5)24(36-25)15-8-11-18(19(31)12-15)27(28,29)30/h6-8,11-12,31-33H,9-10H2,1-5H3. The maximum atomic E-state index is 13.5. The van der Waals surface area contributed by atoms with Gasteiger partial charge in [-0.3, -0.25) is 4.79 Å². The summed E-state index contributed by atoms with van der Waals surface area (Å²) in [6, 6.07) is 2.51. The van der Waals surface area contributed by atoms with E-state index in [0.717, 1.165) is 23.3 Å². The summed E-state index contributed by atoms with van der Waals surface area (Å²) in [5, 5.41) is 31.8. The lowest BCUT2D eigenvalue weighted by atomic mass is 9.96. The van der Waals surface area contributed by atoms with Crippen LogP contribution in [-0.4, -0.2) is 22.4 Å². The van der Waals surface area contributed by atoms with Gasteiger partial charge in [-0.1, -0.05) is 29.4 Å². The highest BCUT2D eigenvalue weighted by atomic mass is 19.4. The van der Waals surface area contributed by atoms with Gasteiger partial charge in [-0.05, 0) is 52.7 Å². The normalized spacial score (nSPS) is 11.4. The number of alkyl halides is 3. The highest BCUT2D eigenvalue weighted by Gasteiger charge is 2.34. The predicted octanol–water partition coefficient (Wildman–Crippen LogP) is 6.62. The zero-order valence-corrected chi connectivity index (χ0v) is 20.5. The van der Waals surface area contributed by atoms with Crippen molar-refractivity contribution in [2.75, 3.05) is 7.11 Å². The molecule has 9 heteroatoms. The Morgan fingerprint density at radius 1 is 0.972 bits per heavy atom. The number of halogens is 3. The van der Waals surface area contributed by atoms with Crippen molar-refractivity contribution in [3.05, 3.63) is 68.4 Å². The van der Waals surface area contributed by atoms with Crippen LogP contribution < -0.4 is 10.2 Å². The topological polar surface area (TPSA) is 100 Å². The molecule has 0 fully saturated rings. The maximum absolute atomic E-state index is 13.5. The number of aromatic hydroxyl groups is 3. The van der Waals surface area contributed by atoms with E-state index in [0.29, 0.717) is 6.07 Å². The van der Waals surface area contributed by atoms with E-state index in [1.165, 1.54) is 7.11 Å². The monoisotopic (exact) mass is 504 g/mol. The lowest BCUT2D eigenvalue weighted by molar-refractivity contribution is -0.138. The first-order valence-electron chi connectivity index (χ1n) is 11.1. The summed E-state index contributed by atoms with van der Waals surface area (Å²) in [4.78, 5) is 13.5. The molecule has 1 heterocycles. The smallest absolute Gasteiger partial charge is 0.419 e. The zero-order valence-electron chi connectivity index (χ0n) is 20.5. The molecule has 0 spiro atoms. The highest BCUT2D eigenvalue weighted by Crippen LogP contribution is 2.44. The van der Waals surface area contributed by atoms with Crippen LogP contribution in [-0.2, 0) is 19.0 Å². The highest BCUT2D eigenvalue weighted by molar-refractivity contribution is 5.93. The average molecular weight is 505 g/mol. The van der Waals surface area contributed by atoms with Gasteiger partial charge in [-0.25, -0.2) is 0 Å². The molecule has 0 amide bonds. The predicted molar refractivity (Wildman–Crippen MR) is 131 cm³/mol. The summed E-state index contributed by atoms with van der Waals surface area (Å²) < 4.78 is 50.5. The minimum absolute atomic E-state index is 0.0582. The number of rotatable bonds is 6. The lowest BCUT2D eigenvalue weighted by Gasteiger charge is -2.17. The van der Waals surface area contributed by atoms with Crippen LogP contribution in [0.1, 0.15) is 44.4 Å². The first kappa shape index (κ1) is 26.7. The molecule has 0 saturated carbocycles. The molecule has 3 aromatic rings. The Bertz CT molecular complexity index is 1440. The molecule has 0 atom stereocenters. The molecule has 0 radical (unpaired) electrons. The third-order valence-electron chi connectivity index (χ3n) is 5.64. The number of hydrogen-bond acceptors (Lipinski definition) is 6. The molecule has 0 aliphatic rings. The molecule has 1 aromatic heterocycles. The Kier molecular flexibility index (Phi) is 7.43. The van der Waals surface area contributed by atoms with Crippen molar-refractivity contribution in [1.29, 1.82) is 0 Å². The van der Waals surface area contributed by atoms with Gasteiger partial charge in [0, 0.05) is 16.7 Å². The largest absolute Gasteiger partial charge is 0.507 e. The second kappa shape index (κ2) is 10.0. The van der Waals surface area contributed by atoms with Gasteiger partial charge in [0.2, 0.25) is 11.2 Å². The van der Waals surface area contributed by atoms with Crippen molar-refractivity contribution >= 4 is 11.0 Å². The summed E-state index contributed by atoms with van der Waals surface area (Å²) in [6.07, 6.45) is -0.908. The van der Waals surface area contributed by atoms with Crippen LogP contribution >= 0.6 is 0 Å². The van der Waals surface area contributed by atoms with Crippen LogP contribution in [0.15, 0.2) is 50.7 Å². The van der Waals surface area contributed by atoms with Gasteiger partial charge in [0.1, 0.15) is 28.2 Å². The van der Waals surface area contributed by atoms with Gasteiger partial charge in [-0.15, -0.1) is 0 Å². The maximum Gasteiger partial charge on any atom is 0.419 e. The summed E-state index contributed by atoms with van der Waals surface area (Å²) in [6.45, 7) is 7.39. The van der Waals surface area contributed by atoms with Crippen LogP contribution in [0, 0.1) is 0 Å². The van der Waals surface area contributed by atoms with Crippen molar-refractivity contribution in [3.63, 3.8) is 0 Å². The van der Waals surface area contributed by atoms with Gasteiger partial charge in [-0.2, -0.15) is 13.2 Å². The number of hydrogen-bond donors (Lipinski definition) is 3. The van der Waals surface area contributed by atoms with Crippen molar-refractivity contribution in [1.82, 2.24) is 0 Å². The van der Waals surface area contributed by atoms with E-state index in [9.17, 15) is 33.3 Å². The second-order valence-corrected chi connectivity index (χ2v) is 8.85. The Morgan fingerprint density at radius 3 is 2.06 bits per heavy atom. The van der Waals surface area contributed by atoms with E-state index in [1.807, 2.05) is 27.7 Å².